The van der Waals surface area contributed by atoms with E-state index in [0.29, 0.717) is 12.5 Å². The van der Waals surface area contributed by atoms with Gasteiger partial charge in [0.25, 0.3) is 0 Å². The standard InChI is InChI=1S/C6H14N2/c1-5(2)6(8)3-4-7/h3,5H,4,7-8H2,1-2H3. The molecule has 0 spiro atoms. The molecule has 0 aliphatic heterocycles. The first-order valence-corrected chi connectivity index (χ1v) is 2.84. The highest BCUT2D eigenvalue weighted by Crippen LogP contribution is 1.99. The Morgan fingerprint density at radius 1 is 1.62 bits per heavy atom. The highest BCUT2D eigenvalue weighted by Gasteiger charge is 1.92. The smallest absolute Gasteiger partial charge is 0.0126 e. The molecule has 0 saturated carbocycles. The number of hydrogen-bond acceptors (Lipinski definition) is 2. The van der Waals surface area contributed by atoms with Crippen LogP contribution in [0.3, 0.4) is 0 Å². The predicted molar refractivity (Wildman–Crippen MR) is 36.2 cm³/mol. The van der Waals surface area contributed by atoms with Crippen molar-refractivity contribution in [3.05, 3.63) is 11.8 Å². The average Bonchev–Trinajstić information content (AvgIpc) is 1.67. The zero-order valence-electron chi connectivity index (χ0n) is 5.52. The van der Waals surface area contributed by atoms with E-state index in [2.05, 4.69) is 0 Å². The van der Waals surface area contributed by atoms with Gasteiger partial charge in [0, 0.05) is 12.2 Å². The summed E-state index contributed by atoms with van der Waals surface area (Å²) in [5, 5.41) is 0. The van der Waals surface area contributed by atoms with E-state index in [4.69, 9.17) is 11.5 Å². The first-order valence-electron chi connectivity index (χ1n) is 2.84. The molecule has 0 atom stereocenters. The lowest BCUT2D eigenvalue weighted by Gasteiger charge is -2.02. The van der Waals surface area contributed by atoms with E-state index < -0.39 is 0 Å². The largest absolute Gasteiger partial charge is 0.402 e. The highest BCUT2D eigenvalue weighted by molar-refractivity contribution is 4.99. The van der Waals surface area contributed by atoms with Crippen LogP contribution in [0.15, 0.2) is 11.8 Å². The Balaban J connectivity index is 3.61. The summed E-state index contributed by atoms with van der Waals surface area (Å²) in [6, 6.07) is 0. The lowest BCUT2D eigenvalue weighted by Crippen LogP contribution is -2.08. The topological polar surface area (TPSA) is 52.0 Å². The molecule has 4 N–H and O–H groups in total. The predicted octanol–water partition coefficient (Wildman–Crippen LogP) is 0.444. The van der Waals surface area contributed by atoms with Crippen molar-refractivity contribution in [2.45, 2.75) is 13.8 Å². The van der Waals surface area contributed by atoms with Crippen molar-refractivity contribution >= 4 is 0 Å². The maximum Gasteiger partial charge on any atom is 0.0126 e. The minimum atomic E-state index is 0.429. The maximum atomic E-state index is 5.51. The van der Waals surface area contributed by atoms with Crippen LogP contribution in [0.2, 0.25) is 0 Å². The Morgan fingerprint density at radius 3 is 2.25 bits per heavy atom. The minimum absolute atomic E-state index is 0.429. The second kappa shape index (κ2) is 3.50. The third-order valence-corrected chi connectivity index (χ3v) is 1.02. The fourth-order valence-electron chi connectivity index (χ4n) is 0.372. The van der Waals surface area contributed by atoms with Crippen molar-refractivity contribution in [2.24, 2.45) is 17.4 Å². The van der Waals surface area contributed by atoms with E-state index in [-0.39, 0.29) is 0 Å². The Hall–Kier alpha value is -0.500. The monoisotopic (exact) mass is 114 g/mol. The van der Waals surface area contributed by atoms with Crippen molar-refractivity contribution < 1.29 is 0 Å². The molecule has 0 aliphatic carbocycles. The first-order chi connectivity index (χ1) is 3.68. The summed E-state index contributed by atoms with van der Waals surface area (Å²) in [7, 11) is 0. The second-order valence-corrected chi connectivity index (χ2v) is 2.09. The molecule has 0 bridgehead atoms. The van der Waals surface area contributed by atoms with Crippen LogP contribution < -0.4 is 11.5 Å². The summed E-state index contributed by atoms with van der Waals surface area (Å²) in [6.45, 7) is 4.63. The molecule has 0 radical (unpaired) electrons. The van der Waals surface area contributed by atoms with Gasteiger partial charge in [-0.05, 0) is 5.92 Å². The van der Waals surface area contributed by atoms with Crippen molar-refractivity contribution in [3.8, 4) is 0 Å². The molecule has 0 heterocycles. The van der Waals surface area contributed by atoms with Crippen molar-refractivity contribution in [1.29, 1.82) is 0 Å². The number of rotatable bonds is 2. The quantitative estimate of drug-likeness (QED) is 0.547. The molecule has 0 aromatic heterocycles. The molecular formula is C6H14N2. The van der Waals surface area contributed by atoms with Gasteiger partial charge in [0.1, 0.15) is 0 Å². The minimum Gasteiger partial charge on any atom is -0.402 e. The van der Waals surface area contributed by atoms with E-state index in [1.54, 1.807) is 0 Å². The molecule has 0 aromatic carbocycles. The molecule has 0 aromatic rings. The Labute approximate surface area is 50.6 Å². The lowest BCUT2D eigenvalue weighted by molar-refractivity contribution is 0.752. The number of hydrogen-bond donors (Lipinski definition) is 2. The summed E-state index contributed by atoms with van der Waals surface area (Å²) >= 11 is 0. The van der Waals surface area contributed by atoms with Crippen LogP contribution in [0.25, 0.3) is 0 Å². The third-order valence-electron chi connectivity index (χ3n) is 1.02. The van der Waals surface area contributed by atoms with Crippen molar-refractivity contribution in [2.75, 3.05) is 6.54 Å². The summed E-state index contributed by atoms with van der Waals surface area (Å²) < 4.78 is 0. The molecule has 0 rings (SSSR count). The molecule has 0 aliphatic rings. The van der Waals surface area contributed by atoms with Crippen LogP contribution in [0.1, 0.15) is 13.8 Å². The number of allylic oxidation sites excluding steroid dienone is 1. The fourth-order valence-corrected chi connectivity index (χ4v) is 0.372. The normalized spacial score (nSPS) is 12.8. The van der Waals surface area contributed by atoms with E-state index in [1.807, 2.05) is 19.9 Å². The van der Waals surface area contributed by atoms with Crippen LogP contribution in [-0.2, 0) is 0 Å². The maximum absolute atomic E-state index is 5.51. The average molecular weight is 114 g/mol. The highest BCUT2D eigenvalue weighted by atomic mass is 14.6. The van der Waals surface area contributed by atoms with Gasteiger partial charge in [0.2, 0.25) is 0 Å². The summed E-state index contributed by atoms with van der Waals surface area (Å²) in [5.41, 5.74) is 11.6. The lowest BCUT2D eigenvalue weighted by atomic mass is 10.1. The van der Waals surface area contributed by atoms with Crippen LogP contribution >= 0.6 is 0 Å². The van der Waals surface area contributed by atoms with E-state index in [9.17, 15) is 0 Å². The van der Waals surface area contributed by atoms with Crippen LogP contribution in [0, 0.1) is 5.92 Å². The summed E-state index contributed by atoms with van der Waals surface area (Å²) in [5.74, 6) is 0.429. The fraction of sp³-hybridized carbons (Fsp3) is 0.667. The van der Waals surface area contributed by atoms with Gasteiger partial charge in [-0.3, -0.25) is 0 Å². The van der Waals surface area contributed by atoms with Gasteiger partial charge in [0.05, 0.1) is 0 Å². The molecule has 0 amide bonds. The van der Waals surface area contributed by atoms with E-state index in [1.165, 1.54) is 0 Å². The van der Waals surface area contributed by atoms with E-state index in [0.717, 1.165) is 5.70 Å². The molecule has 2 heteroatoms. The van der Waals surface area contributed by atoms with Crippen LogP contribution in [-0.4, -0.2) is 6.54 Å². The Bertz CT molecular complexity index is 84.5. The van der Waals surface area contributed by atoms with Gasteiger partial charge >= 0.3 is 0 Å². The molecule has 0 fully saturated rings. The van der Waals surface area contributed by atoms with E-state index >= 15 is 0 Å². The molecule has 0 saturated heterocycles. The van der Waals surface area contributed by atoms with Gasteiger partial charge in [-0.15, -0.1) is 0 Å². The van der Waals surface area contributed by atoms with Gasteiger partial charge in [-0.25, -0.2) is 0 Å². The first kappa shape index (κ1) is 7.50. The van der Waals surface area contributed by atoms with Gasteiger partial charge in [-0.2, -0.15) is 0 Å². The van der Waals surface area contributed by atoms with Gasteiger partial charge in [-0.1, -0.05) is 19.9 Å². The van der Waals surface area contributed by atoms with Gasteiger partial charge in [0.15, 0.2) is 0 Å². The molecule has 2 nitrogen and oxygen atoms in total. The summed E-state index contributed by atoms with van der Waals surface area (Å²) in [6.07, 6.45) is 1.84. The zero-order valence-corrected chi connectivity index (χ0v) is 5.52. The van der Waals surface area contributed by atoms with Crippen molar-refractivity contribution in [3.63, 3.8) is 0 Å². The zero-order chi connectivity index (χ0) is 6.57. The number of nitrogens with two attached hydrogens (primary N) is 2. The van der Waals surface area contributed by atoms with Crippen molar-refractivity contribution in [1.82, 2.24) is 0 Å². The Kier molecular flexibility index (Phi) is 3.28. The molecule has 48 valence electrons. The van der Waals surface area contributed by atoms with Gasteiger partial charge < -0.3 is 11.5 Å². The second-order valence-electron chi connectivity index (χ2n) is 2.09. The molecule has 0 unspecified atom stereocenters. The van der Waals surface area contributed by atoms with Crippen LogP contribution in [0.4, 0.5) is 0 Å². The summed E-state index contributed by atoms with van der Waals surface area (Å²) in [4.78, 5) is 0. The molecule has 8 heavy (non-hydrogen) atoms. The SMILES string of the molecule is CC(C)C(N)=CCN. The third kappa shape index (κ3) is 2.64. The van der Waals surface area contributed by atoms with Crippen LogP contribution in [0.5, 0.6) is 0 Å². The Morgan fingerprint density at radius 2 is 2.12 bits per heavy atom. The molecular weight excluding hydrogens is 100 g/mol.